The van der Waals surface area contributed by atoms with Crippen LogP contribution < -0.4 is 10.9 Å². The van der Waals surface area contributed by atoms with Crippen LogP contribution in [0.4, 0.5) is 5.69 Å². The van der Waals surface area contributed by atoms with Gasteiger partial charge in [0.05, 0.1) is 0 Å². The quantitative estimate of drug-likeness (QED) is 0.517. The molecule has 4 rings (SSSR count). The number of carbonyl (C=O) groups is 1. The summed E-state index contributed by atoms with van der Waals surface area (Å²) in [4.78, 5) is 31.9. The number of carbonyl (C=O) groups excluding carboxylic acids is 1. The number of pyridine rings is 2. The lowest BCUT2D eigenvalue weighted by Gasteiger charge is -2.07. The molecular weight excluding hydrogens is 374 g/mol. The Balaban J connectivity index is 1.52. The molecule has 2 heterocycles. The van der Waals surface area contributed by atoms with E-state index in [1.165, 1.54) is 6.07 Å². The van der Waals surface area contributed by atoms with Gasteiger partial charge in [0, 0.05) is 23.1 Å². The maximum Gasteiger partial charge on any atom is 0.261 e. The summed E-state index contributed by atoms with van der Waals surface area (Å²) in [6.45, 7) is 0. The summed E-state index contributed by atoms with van der Waals surface area (Å²) < 4.78 is 0. The summed E-state index contributed by atoms with van der Waals surface area (Å²) in [7, 11) is 0. The van der Waals surface area contributed by atoms with Crippen LogP contribution in [0, 0.1) is 11.8 Å². The number of nitrogens with one attached hydrogen (secondary N) is 2. The first-order valence-corrected chi connectivity index (χ1v) is 9.32. The van der Waals surface area contributed by atoms with E-state index in [-0.39, 0.29) is 5.56 Å². The smallest absolute Gasteiger partial charge is 0.261 e. The van der Waals surface area contributed by atoms with Crippen LogP contribution in [-0.4, -0.2) is 15.9 Å². The second kappa shape index (κ2) is 8.72. The molecule has 0 atom stereocenters. The summed E-state index contributed by atoms with van der Waals surface area (Å²) in [5.74, 6) is 5.51. The number of anilines is 1. The molecule has 0 fully saturated rings. The number of nitrogens with zero attached hydrogens (tertiary/aromatic N) is 1. The highest BCUT2D eigenvalue weighted by molar-refractivity contribution is 6.04. The summed E-state index contributed by atoms with van der Waals surface area (Å²) in [5, 5.41) is 2.75. The highest BCUT2D eigenvalue weighted by Gasteiger charge is 2.12. The van der Waals surface area contributed by atoms with Crippen molar-refractivity contribution in [1.29, 1.82) is 0 Å². The highest BCUT2D eigenvalue weighted by atomic mass is 16.2. The lowest BCUT2D eigenvalue weighted by Crippen LogP contribution is -2.23. The fraction of sp³-hybridized carbons (Fsp3) is 0. The number of hydrogen-bond donors (Lipinski definition) is 2. The molecule has 1 amide bonds. The average molecular weight is 391 g/mol. The Morgan fingerprint density at radius 1 is 0.867 bits per heavy atom. The van der Waals surface area contributed by atoms with Crippen LogP contribution in [0.2, 0.25) is 0 Å². The van der Waals surface area contributed by atoms with Gasteiger partial charge in [0.1, 0.15) is 11.3 Å². The highest BCUT2D eigenvalue weighted by Crippen LogP contribution is 2.15. The van der Waals surface area contributed by atoms with E-state index >= 15 is 0 Å². The van der Waals surface area contributed by atoms with Crippen LogP contribution in [0.25, 0.3) is 11.3 Å². The molecule has 2 aromatic heterocycles. The van der Waals surface area contributed by atoms with Crippen LogP contribution in [0.15, 0.2) is 95.9 Å². The molecule has 0 saturated heterocycles. The zero-order chi connectivity index (χ0) is 20.8. The minimum absolute atomic E-state index is 0.0413. The molecule has 0 aliphatic carbocycles. The largest absolute Gasteiger partial charge is 0.322 e. The van der Waals surface area contributed by atoms with E-state index in [2.05, 4.69) is 27.1 Å². The fourth-order valence-corrected chi connectivity index (χ4v) is 2.88. The minimum atomic E-state index is -0.481. The molecule has 144 valence electrons. The Labute approximate surface area is 173 Å². The molecule has 0 aliphatic rings. The zero-order valence-electron chi connectivity index (χ0n) is 15.9. The van der Waals surface area contributed by atoms with Gasteiger partial charge in [-0.2, -0.15) is 0 Å². The first kappa shape index (κ1) is 18.9. The third-order valence-corrected chi connectivity index (χ3v) is 4.36. The van der Waals surface area contributed by atoms with Crippen molar-refractivity contribution in [2.75, 3.05) is 5.32 Å². The van der Waals surface area contributed by atoms with Gasteiger partial charge in [-0.15, -0.1) is 0 Å². The van der Waals surface area contributed by atoms with Crippen molar-refractivity contribution in [3.8, 4) is 23.1 Å². The van der Waals surface area contributed by atoms with Crippen LogP contribution >= 0.6 is 0 Å². The number of benzene rings is 2. The van der Waals surface area contributed by atoms with Crippen molar-refractivity contribution >= 4 is 11.6 Å². The SMILES string of the molecule is O=C(Nc1cccc(C#Cc2ccccn2)c1)c1ccc(-c2ccccc2)[nH]c1=O. The number of amides is 1. The van der Waals surface area contributed by atoms with Crippen LogP contribution in [0.1, 0.15) is 21.6 Å². The summed E-state index contributed by atoms with van der Waals surface area (Å²) in [5.41, 5.74) is 3.08. The van der Waals surface area contributed by atoms with Gasteiger partial charge in [0.15, 0.2) is 0 Å². The molecule has 30 heavy (non-hydrogen) atoms. The molecule has 0 spiro atoms. The minimum Gasteiger partial charge on any atom is -0.322 e. The monoisotopic (exact) mass is 391 g/mol. The molecule has 0 saturated carbocycles. The van der Waals surface area contributed by atoms with E-state index < -0.39 is 11.5 Å². The second-order valence-electron chi connectivity index (χ2n) is 6.48. The van der Waals surface area contributed by atoms with Gasteiger partial charge in [-0.05, 0) is 53.9 Å². The van der Waals surface area contributed by atoms with E-state index in [9.17, 15) is 9.59 Å². The van der Waals surface area contributed by atoms with Gasteiger partial charge in [0.2, 0.25) is 0 Å². The first-order chi connectivity index (χ1) is 14.7. The molecule has 5 heteroatoms. The van der Waals surface area contributed by atoms with Crippen LogP contribution in [-0.2, 0) is 0 Å². The van der Waals surface area contributed by atoms with E-state index in [1.807, 2.05) is 54.6 Å². The van der Waals surface area contributed by atoms with Gasteiger partial charge in [0.25, 0.3) is 11.5 Å². The van der Waals surface area contributed by atoms with Gasteiger partial charge >= 0.3 is 0 Å². The summed E-state index contributed by atoms with van der Waals surface area (Å²) in [6, 6.07) is 25.4. The topological polar surface area (TPSA) is 74.8 Å². The molecular formula is C25H17N3O2. The molecule has 2 aromatic carbocycles. The number of rotatable bonds is 3. The number of aromatic amines is 1. The van der Waals surface area contributed by atoms with E-state index in [4.69, 9.17) is 0 Å². The number of hydrogen-bond acceptors (Lipinski definition) is 3. The third kappa shape index (κ3) is 4.51. The summed E-state index contributed by atoms with van der Waals surface area (Å²) in [6.07, 6.45) is 1.68. The van der Waals surface area contributed by atoms with Crippen LogP contribution in [0.5, 0.6) is 0 Å². The maximum absolute atomic E-state index is 12.6. The fourth-order valence-electron chi connectivity index (χ4n) is 2.88. The Morgan fingerprint density at radius 2 is 1.70 bits per heavy atom. The Morgan fingerprint density at radius 3 is 2.47 bits per heavy atom. The molecule has 0 radical (unpaired) electrons. The first-order valence-electron chi connectivity index (χ1n) is 9.32. The molecule has 2 N–H and O–H groups in total. The van der Waals surface area contributed by atoms with Crippen molar-refractivity contribution in [1.82, 2.24) is 9.97 Å². The molecule has 4 aromatic rings. The van der Waals surface area contributed by atoms with E-state index in [1.54, 1.807) is 30.5 Å². The van der Waals surface area contributed by atoms with Gasteiger partial charge in [-0.3, -0.25) is 9.59 Å². The van der Waals surface area contributed by atoms with Crippen molar-refractivity contribution in [3.05, 3.63) is 118 Å². The average Bonchev–Trinajstić information content (AvgIpc) is 2.79. The van der Waals surface area contributed by atoms with Crippen molar-refractivity contribution in [3.63, 3.8) is 0 Å². The predicted molar refractivity (Wildman–Crippen MR) is 117 cm³/mol. The Bertz CT molecular complexity index is 1300. The molecule has 0 aliphatic heterocycles. The lowest BCUT2D eigenvalue weighted by atomic mass is 10.1. The van der Waals surface area contributed by atoms with Gasteiger partial charge < -0.3 is 10.3 Å². The van der Waals surface area contributed by atoms with Crippen molar-refractivity contribution < 1.29 is 4.79 Å². The van der Waals surface area contributed by atoms with Crippen molar-refractivity contribution in [2.45, 2.75) is 0 Å². The summed E-state index contributed by atoms with van der Waals surface area (Å²) >= 11 is 0. The number of H-pyrrole nitrogens is 1. The van der Waals surface area contributed by atoms with Gasteiger partial charge in [-0.1, -0.05) is 48.4 Å². The normalized spacial score (nSPS) is 10.0. The van der Waals surface area contributed by atoms with E-state index in [0.29, 0.717) is 17.1 Å². The molecule has 0 bridgehead atoms. The van der Waals surface area contributed by atoms with Crippen LogP contribution in [0.3, 0.4) is 0 Å². The standard InChI is InChI=1S/C25H17N3O2/c29-24(22-14-15-23(28-25(22)30)19-8-2-1-3-9-19)27-21-11-6-7-18(17-21)12-13-20-10-4-5-16-26-20/h1-11,14-17H,(H,27,29)(H,28,30). The lowest BCUT2D eigenvalue weighted by molar-refractivity contribution is 0.102. The van der Waals surface area contributed by atoms with Crippen molar-refractivity contribution in [2.24, 2.45) is 0 Å². The maximum atomic E-state index is 12.6. The molecule has 5 nitrogen and oxygen atoms in total. The Hall–Kier alpha value is -4.43. The predicted octanol–water partition coefficient (Wildman–Crippen LogP) is 4.09. The third-order valence-electron chi connectivity index (χ3n) is 4.36. The second-order valence-corrected chi connectivity index (χ2v) is 6.48. The van der Waals surface area contributed by atoms with Gasteiger partial charge in [-0.25, -0.2) is 4.98 Å². The molecule has 0 unspecified atom stereocenters. The Kier molecular flexibility index (Phi) is 5.50. The van der Waals surface area contributed by atoms with E-state index in [0.717, 1.165) is 11.1 Å². The zero-order valence-corrected chi connectivity index (χ0v) is 15.9. The number of aromatic nitrogens is 2.